The first-order valence-electron chi connectivity index (χ1n) is 12.6. The number of hydrazine groups is 1. The second kappa shape index (κ2) is 11.7. The van der Waals surface area contributed by atoms with Gasteiger partial charge in [0.25, 0.3) is 0 Å². The van der Waals surface area contributed by atoms with Gasteiger partial charge in [-0.3, -0.25) is 0 Å². The van der Waals surface area contributed by atoms with Crippen LogP contribution in [0, 0.1) is 17.2 Å². The number of amides is 1. The molecular weight excluding hydrogens is 441 g/mol. The molecular formula is C29H40FN3O2. The molecule has 35 heavy (non-hydrogen) atoms. The first-order valence-corrected chi connectivity index (χ1v) is 12.6. The van der Waals surface area contributed by atoms with Crippen molar-refractivity contribution < 1.29 is 13.9 Å². The second-order valence-corrected chi connectivity index (χ2v) is 10.3. The molecule has 0 spiro atoms. The number of hydrogen-bond acceptors (Lipinski definition) is 4. The predicted octanol–water partition coefficient (Wildman–Crippen LogP) is 7.28. The molecule has 1 aliphatic rings. The zero-order valence-electron chi connectivity index (χ0n) is 21.6. The lowest BCUT2D eigenvalue weighted by molar-refractivity contribution is 0.0733. The molecule has 1 amide bonds. The van der Waals surface area contributed by atoms with Crippen molar-refractivity contribution in [3.05, 3.63) is 78.3 Å². The molecule has 190 valence electrons. The van der Waals surface area contributed by atoms with Crippen LogP contribution in [0.25, 0.3) is 0 Å². The third-order valence-corrected chi connectivity index (χ3v) is 7.67. The molecule has 0 radical (unpaired) electrons. The van der Waals surface area contributed by atoms with Crippen molar-refractivity contribution in [2.24, 2.45) is 11.3 Å². The van der Waals surface area contributed by atoms with Crippen LogP contribution in [0.3, 0.4) is 0 Å². The van der Waals surface area contributed by atoms with Crippen molar-refractivity contribution in [3.8, 4) is 0 Å². The number of benzene rings is 2. The van der Waals surface area contributed by atoms with Crippen LogP contribution in [-0.4, -0.2) is 23.7 Å². The minimum Gasteiger partial charge on any atom is -0.443 e. The maximum atomic E-state index is 13.6. The third kappa shape index (κ3) is 6.63. The molecule has 0 saturated heterocycles. The summed E-state index contributed by atoms with van der Waals surface area (Å²) in [5.74, 6) is 0.303. The van der Waals surface area contributed by atoms with Crippen molar-refractivity contribution in [2.45, 2.75) is 71.4 Å². The van der Waals surface area contributed by atoms with Crippen LogP contribution in [0.4, 0.5) is 14.9 Å². The van der Waals surface area contributed by atoms with E-state index in [-0.39, 0.29) is 12.4 Å². The van der Waals surface area contributed by atoms with Gasteiger partial charge in [-0.05, 0) is 49.1 Å². The quantitative estimate of drug-likeness (QED) is 0.350. The summed E-state index contributed by atoms with van der Waals surface area (Å²) in [6, 6.07) is 16.1. The van der Waals surface area contributed by atoms with E-state index in [0.29, 0.717) is 11.6 Å². The molecule has 1 fully saturated rings. The van der Waals surface area contributed by atoms with E-state index in [9.17, 15) is 9.18 Å². The maximum absolute atomic E-state index is 13.6. The molecule has 2 aromatic rings. The SMILES string of the molecule is C=C(N(NC)C(=O)OCc1ccccc1)C(C)(C)C(C)(CC1CCCCC1)Nc1ccc(F)cc1. The number of hydrogen-bond donors (Lipinski definition) is 2. The van der Waals surface area contributed by atoms with E-state index < -0.39 is 17.0 Å². The lowest BCUT2D eigenvalue weighted by Gasteiger charge is -2.50. The summed E-state index contributed by atoms with van der Waals surface area (Å²) in [4.78, 5) is 13.1. The molecule has 2 aromatic carbocycles. The highest BCUT2D eigenvalue weighted by Crippen LogP contribution is 2.46. The minimum absolute atomic E-state index is 0.179. The van der Waals surface area contributed by atoms with Crippen LogP contribution >= 0.6 is 0 Å². The Kier molecular flexibility index (Phi) is 8.95. The van der Waals surface area contributed by atoms with Gasteiger partial charge in [-0.1, -0.05) is 82.9 Å². The highest BCUT2D eigenvalue weighted by Gasteiger charge is 2.47. The molecule has 1 atom stereocenters. The molecule has 0 aliphatic heterocycles. The largest absolute Gasteiger partial charge is 0.443 e. The summed E-state index contributed by atoms with van der Waals surface area (Å²) < 4.78 is 19.2. The van der Waals surface area contributed by atoms with E-state index in [1.807, 2.05) is 30.3 Å². The summed E-state index contributed by atoms with van der Waals surface area (Å²) >= 11 is 0. The van der Waals surface area contributed by atoms with Crippen LogP contribution in [0.1, 0.15) is 64.9 Å². The van der Waals surface area contributed by atoms with Crippen molar-refractivity contribution in [1.82, 2.24) is 10.4 Å². The van der Waals surface area contributed by atoms with E-state index >= 15 is 0 Å². The Morgan fingerprint density at radius 2 is 1.69 bits per heavy atom. The normalized spacial score (nSPS) is 16.3. The Labute approximate surface area is 209 Å². The molecule has 6 heteroatoms. The van der Waals surface area contributed by atoms with Gasteiger partial charge in [0.05, 0.1) is 0 Å². The van der Waals surface area contributed by atoms with Crippen molar-refractivity contribution in [2.75, 3.05) is 12.4 Å². The first-order chi connectivity index (χ1) is 16.7. The summed E-state index contributed by atoms with van der Waals surface area (Å²) in [7, 11) is 1.69. The number of nitrogens with zero attached hydrogens (tertiary/aromatic N) is 1. The predicted molar refractivity (Wildman–Crippen MR) is 140 cm³/mol. The molecule has 1 saturated carbocycles. The molecule has 0 aromatic heterocycles. The number of anilines is 1. The van der Waals surface area contributed by atoms with Crippen LogP contribution in [0.5, 0.6) is 0 Å². The van der Waals surface area contributed by atoms with E-state index in [0.717, 1.165) is 17.7 Å². The van der Waals surface area contributed by atoms with Crippen molar-refractivity contribution in [3.63, 3.8) is 0 Å². The highest BCUT2D eigenvalue weighted by atomic mass is 19.1. The molecule has 0 bridgehead atoms. The number of ether oxygens (including phenoxy) is 1. The van der Waals surface area contributed by atoms with Gasteiger partial charge < -0.3 is 10.1 Å². The number of nitrogens with one attached hydrogen (secondary N) is 2. The fourth-order valence-electron chi connectivity index (χ4n) is 5.00. The Morgan fingerprint density at radius 1 is 1.06 bits per heavy atom. The van der Waals surface area contributed by atoms with Crippen LogP contribution in [-0.2, 0) is 11.3 Å². The highest BCUT2D eigenvalue weighted by molar-refractivity contribution is 5.69. The van der Waals surface area contributed by atoms with E-state index in [2.05, 4.69) is 38.1 Å². The summed E-state index contributed by atoms with van der Waals surface area (Å²) in [6.07, 6.45) is 6.56. The smallest absolute Gasteiger partial charge is 0.429 e. The standard InChI is InChI=1S/C29H40FN3O2/c1-22(33(31-5)27(34)35-21-24-14-10-7-11-15-24)28(2,3)29(4,20-23-12-8-6-9-13-23)32-26-18-16-25(30)17-19-26/h7,10-11,14-19,23,31-32H,1,6,8-9,12-13,20-21H2,2-5H3. The summed E-state index contributed by atoms with van der Waals surface area (Å²) in [5.41, 5.74) is 4.31. The monoisotopic (exact) mass is 481 g/mol. The summed E-state index contributed by atoms with van der Waals surface area (Å²) in [5, 5.41) is 5.09. The fraction of sp³-hybridized carbons (Fsp3) is 0.483. The maximum Gasteiger partial charge on any atom is 0.429 e. The van der Waals surface area contributed by atoms with E-state index in [1.54, 1.807) is 19.2 Å². The molecule has 1 aliphatic carbocycles. The fourth-order valence-corrected chi connectivity index (χ4v) is 5.00. The number of halogens is 1. The summed E-state index contributed by atoms with van der Waals surface area (Å²) in [6.45, 7) is 10.9. The molecule has 1 unspecified atom stereocenters. The van der Waals surface area contributed by atoms with Gasteiger partial charge in [0.1, 0.15) is 12.4 Å². The Balaban J connectivity index is 1.83. The zero-order chi connectivity index (χ0) is 25.5. The first kappa shape index (κ1) is 26.7. The molecule has 3 rings (SSSR count). The molecule has 5 nitrogen and oxygen atoms in total. The number of carbonyl (C=O) groups is 1. The van der Waals surface area contributed by atoms with Crippen molar-refractivity contribution in [1.29, 1.82) is 0 Å². The number of carbonyl (C=O) groups excluding carboxylic acids is 1. The lowest BCUT2D eigenvalue weighted by Crippen LogP contribution is -2.56. The molecule has 0 heterocycles. The van der Waals surface area contributed by atoms with Gasteiger partial charge in [-0.2, -0.15) is 0 Å². The minimum atomic E-state index is -0.562. The van der Waals surface area contributed by atoms with Crippen LogP contribution in [0.15, 0.2) is 66.9 Å². The third-order valence-electron chi connectivity index (χ3n) is 7.67. The van der Waals surface area contributed by atoms with Gasteiger partial charge in [0.2, 0.25) is 0 Å². The molecule has 2 N–H and O–H groups in total. The Bertz CT molecular complexity index is 971. The Morgan fingerprint density at radius 3 is 2.29 bits per heavy atom. The van der Waals surface area contributed by atoms with Gasteiger partial charge in [0.15, 0.2) is 0 Å². The van der Waals surface area contributed by atoms with Gasteiger partial charge in [-0.15, -0.1) is 0 Å². The zero-order valence-corrected chi connectivity index (χ0v) is 21.6. The van der Waals surface area contributed by atoms with Gasteiger partial charge in [0, 0.05) is 29.4 Å². The second-order valence-electron chi connectivity index (χ2n) is 10.3. The van der Waals surface area contributed by atoms with Gasteiger partial charge >= 0.3 is 6.09 Å². The van der Waals surface area contributed by atoms with Crippen molar-refractivity contribution >= 4 is 11.8 Å². The van der Waals surface area contributed by atoms with E-state index in [4.69, 9.17) is 4.74 Å². The van der Waals surface area contributed by atoms with Crippen LogP contribution < -0.4 is 10.7 Å². The topological polar surface area (TPSA) is 53.6 Å². The lowest BCUT2D eigenvalue weighted by atomic mass is 9.65. The average molecular weight is 482 g/mol. The van der Waals surface area contributed by atoms with E-state index in [1.165, 1.54) is 49.2 Å². The van der Waals surface area contributed by atoms with Crippen LogP contribution in [0.2, 0.25) is 0 Å². The van der Waals surface area contributed by atoms with Gasteiger partial charge in [-0.25, -0.2) is 19.6 Å². The Hall–Kier alpha value is -2.86. The average Bonchev–Trinajstić information content (AvgIpc) is 2.85. The number of rotatable bonds is 10.